The minimum Gasteiger partial charge on any atom is -0.480 e. The van der Waals surface area contributed by atoms with Crippen molar-refractivity contribution in [2.24, 2.45) is 0 Å². The van der Waals surface area contributed by atoms with E-state index < -0.39 is 42.4 Å². The molecule has 0 radical (unpaired) electrons. The van der Waals surface area contributed by atoms with Crippen LogP contribution in [0.2, 0.25) is 0 Å². The molecule has 0 heterocycles. The fourth-order valence-corrected chi connectivity index (χ4v) is 4.43. The Bertz CT molecular complexity index is 686. The fourth-order valence-electron chi connectivity index (χ4n) is 1.93. The number of carboxylic acid groups (broad SMARTS) is 1. The van der Waals surface area contributed by atoms with E-state index >= 15 is 0 Å². The molecule has 3 N–H and O–H groups in total. The summed E-state index contributed by atoms with van der Waals surface area (Å²) in [5.41, 5.74) is -0.832. The summed E-state index contributed by atoms with van der Waals surface area (Å²) in [6.45, 7) is 11.6. The highest BCUT2D eigenvalue weighted by Crippen LogP contribution is 2.35. The fraction of sp³-hybridized carbons (Fsp3) is 0.750. The second-order valence-electron chi connectivity index (χ2n) is 8.98. The Labute approximate surface area is 196 Å². The Hall–Kier alpha value is -1.95. The summed E-state index contributed by atoms with van der Waals surface area (Å²) in [5.74, 6) is -1.66. The summed E-state index contributed by atoms with van der Waals surface area (Å²) < 4.78 is 9.84. The molecule has 0 fully saturated rings. The van der Waals surface area contributed by atoms with Crippen molar-refractivity contribution in [2.75, 3.05) is 12.4 Å². The van der Waals surface area contributed by atoms with E-state index in [0.717, 1.165) is 0 Å². The first kappa shape index (κ1) is 30.0. The molecule has 0 aromatic carbocycles. The molecule has 0 aromatic rings. The lowest BCUT2D eigenvalue weighted by Gasteiger charge is -2.22. The molecule has 0 aliphatic heterocycles. The number of ether oxygens (including phenoxy) is 2. The van der Waals surface area contributed by atoms with E-state index in [4.69, 9.17) is 9.47 Å². The van der Waals surface area contributed by atoms with Gasteiger partial charge in [-0.1, -0.05) is 42.4 Å². The second-order valence-corrected chi connectivity index (χ2v) is 12.1. The van der Waals surface area contributed by atoms with E-state index in [1.165, 1.54) is 28.5 Å². The first-order valence-corrected chi connectivity index (χ1v) is 12.3. The summed E-state index contributed by atoms with van der Waals surface area (Å²) in [6.07, 6.45) is -1.95. The minimum absolute atomic E-state index is 0.0288. The highest BCUT2D eigenvalue weighted by atomic mass is 33.1. The number of nitrogens with one attached hydrogen (secondary N) is 2. The van der Waals surface area contributed by atoms with E-state index in [9.17, 15) is 29.1 Å². The number of aliphatic carboxylic acids is 1. The topological polar surface area (TPSA) is 148 Å². The third-order valence-corrected chi connectivity index (χ3v) is 6.67. The molecule has 12 heteroatoms. The molecule has 0 spiro atoms. The molecule has 0 rings (SSSR count). The number of hydrogen-bond donors (Lipinski definition) is 3. The van der Waals surface area contributed by atoms with E-state index in [-0.39, 0.29) is 34.9 Å². The molecule has 2 atom stereocenters. The van der Waals surface area contributed by atoms with Gasteiger partial charge < -0.3 is 30.0 Å². The Morgan fingerprint density at radius 1 is 0.906 bits per heavy atom. The summed E-state index contributed by atoms with van der Waals surface area (Å²) >= 11 is 0. The van der Waals surface area contributed by atoms with Crippen LogP contribution in [0.15, 0.2) is 0 Å². The third-order valence-electron chi connectivity index (χ3n) is 3.32. The molecule has 0 unspecified atom stereocenters. The largest absolute Gasteiger partial charge is 0.480 e. The molecule has 32 heavy (non-hydrogen) atoms. The van der Waals surface area contributed by atoms with Crippen LogP contribution in [0.1, 0.15) is 61.3 Å². The van der Waals surface area contributed by atoms with E-state index in [1.54, 1.807) is 20.8 Å². The van der Waals surface area contributed by atoms with Crippen molar-refractivity contribution in [1.29, 1.82) is 0 Å². The maximum atomic E-state index is 12.5. The maximum Gasteiger partial charge on any atom is 0.408 e. The number of alkyl carbamates (subject to hydrolysis) is 2. The Morgan fingerprint density at radius 2 is 1.47 bits per heavy atom. The molecule has 0 aliphatic carbocycles. The molecule has 10 nitrogen and oxygen atoms in total. The van der Waals surface area contributed by atoms with Crippen LogP contribution in [0, 0.1) is 0 Å². The van der Waals surface area contributed by atoms with Gasteiger partial charge in [0.1, 0.15) is 24.0 Å². The zero-order valence-electron chi connectivity index (χ0n) is 19.6. The second kappa shape index (κ2) is 13.6. The SMILES string of the molecule is CC(=O)CCC(=O)[C@H](CSSC(C)(C)C)NC(=O)OC[C@H](NC(=O)OC(C)(C)C)C(=O)O. The average molecular weight is 495 g/mol. The molecule has 0 aromatic heterocycles. The predicted molar refractivity (Wildman–Crippen MR) is 124 cm³/mol. The zero-order valence-corrected chi connectivity index (χ0v) is 21.2. The van der Waals surface area contributed by atoms with Gasteiger partial charge in [-0.2, -0.15) is 0 Å². The van der Waals surface area contributed by atoms with Gasteiger partial charge in [0.05, 0.1) is 0 Å². The number of amides is 2. The predicted octanol–water partition coefficient (Wildman–Crippen LogP) is 3.18. The Morgan fingerprint density at radius 3 is 1.94 bits per heavy atom. The van der Waals surface area contributed by atoms with Gasteiger partial charge in [0.2, 0.25) is 0 Å². The summed E-state index contributed by atoms with van der Waals surface area (Å²) in [5, 5.41) is 13.8. The molecule has 0 saturated heterocycles. The van der Waals surface area contributed by atoms with Gasteiger partial charge in [-0.3, -0.25) is 4.79 Å². The molecule has 0 aliphatic rings. The van der Waals surface area contributed by atoms with E-state index in [1.807, 2.05) is 20.8 Å². The van der Waals surface area contributed by atoms with Crippen LogP contribution >= 0.6 is 21.6 Å². The third kappa shape index (κ3) is 15.8. The van der Waals surface area contributed by atoms with Gasteiger partial charge in [-0.05, 0) is 27.7 Å². The van der Waals surface area contributed by atoms with Crippen molar-refractivity contribution in [3.63, 3.8) is 0 Å². The zero-order chi connectivity index (χ0) is 25.1. The van der Waals surface area contributed by atoms with Crippen LogP contribution in [0.4, 0.5) is 9.59 Å². The normalized spacial score (nSPS) is 13.5. The quantitative estimate of drug-likeness (QED) is 0.345. The lowest BCUT2D eigenvalue weighted by molar-refractivity contribution is -0.140. The first-order valence-electron chi connectivity index (χ1n) is 9.98. The van der Waals surface area contributed by atoms with Crippen LogP contribution in [-0.2, 0) is 23.9 Å². The highest BCUT2D eigenvalue weighted by molar-refractivity contribution is 8.77. The van der Waals surface area contributed by atoms with Gasteiger partial charge in [0, 0.05) is 23.3 Å². The van der Waals surface area contributed by atoms with Crippen LogP contribution in [0.3, 0.4) is 0 Å². The monoisotopic (exact) mass is 494 g/mol. The van der Waals surface area contributed by atoms with Crippen LogP contribution < -0.4 is 10.6 Å². The maximum absolute atomic E-state index is 12.5. The van der Waals surface area contributed by atoms with Gasteiger partial charge in [-0.25, -0.2) is 14.4 Å². The molecule has 0 bridgehead atoms. The van der Waals surface area contributed by atoms with Gasteiger partial charge in [0.15, 0.2) is 11.8 Å². The van der Waals surface area contributed by atoms with Crippen molar-refractivity contribution in [3.05, 3.63) is 0 Å². The van der Waals surface area contributed by atoms with Crippen molar-refractivity contribution < 1.29 is 38.6 Å². The number of carbonyl (C=O) groups is 5. The van der Waals surface area contributed by atoms with Crippen LogP contribution in [-0.4, -0.2) is 69.6 Å². The van der Waals surface area contributed by atoms with Gasteiger partial charge in [0.25, 0.3) is 0 Å². The van der Waals surface area contributed by atoms with Gasteiger partial charge in [-0.15, -0.1) is 0 Å². The minimum atomic E-state index is -1.53. The number of hydrogen-bond acceptors (Lipinski definition) is 9. The number of carboxylic acids is 1. The molecule has 0 saturated carbocycles. The standard InChI is InChI=1S/C20H34N2O8S2/c1-12(23)8-9-15(24)14(11-31-32-20(5,6)7)22-17(27)29-10-13(16(25)26)21-18(28)30-19(2,3)4/h13-14H,8-11H2,1-7H3,(H,21,28)(H,22,27)(H,25,26)/t13-,14-/m0/s1. The lowest BCUT2D eigenvalue weighted by atomic mass is 10.1. The summed E-state index contributed by atoms with van der Waals surface area (Å²) in [6, 6.07) is -2.45. The molecular formula is C20H34N2O8S2. The van der Waals surface area contributed by atoms with Crippen LogP contribution in [0.25, 0.3) is 0 Å². The van der Waals surface area contributed by atoms with Crippen molar-refractivity contribution >= 4 is 51.3 Å². The number of rotatable bonds is 12. The average Bonchev–Trinajstić information content (AvgIpc) is 2.59. The first-order chi connectivity index (χ1) is 14.5. The Kier molecular flexibility index (Phi) is 12.7. The van der Waals surface area contributed by atoms with E-state index in [2.05, 4.69) is 10.6 Å². The number of carbonyl (C=O) groups excluding carboxylic acids is 4. The summed E-state index contributed by atoms with van der Waals surface area (Å²) in [7, 11) is 2.92. The van der Waals surface area contributed by atoms with Gasteiger partial charge >= 0.3 is 18.2 Å². The highest BCUT2D eigenvalue weighted by Gasteiger charge is 2.27. The molecule has 2 amide bonds. The molecular weight excluding hydrogens is 460 g/mol. The Balaban J connectivity index is 4.93. The van der Waals surface area contributed by atoms with Crippen LogP contribution in [0.5, 0.6) is 0 Å². The van der Waals surface area contributed by atoms with Crippen molar-refractivity contribution in [3.8, 4) is 0 Å². The van der Waals surface area contributed by atoms with Crippen molar-refractivity contribution in [1.82, 2.24) is 10.6 Å². The van der Waals surface area contributed by atoms with Crippen molar-refractivity contribution in [2.45, 2.75) is 83.7 Å². The lowest BCUT2D eigenvalue weighted by Crippen LogP contribution is -2.48. The summed E-state index contributed by atoms with van der Waals surface area (Å²) in [4.78, 5) is 59.0. The smallest absolute Gasteiger partial charge is 0.408 e. The number of ketones is 2. The molecule has 184 valence electrons. The van der Waals surface area contributed by atoms with E-state index in [0.29, 0.717) is 0 Å². The number of Topliss-reactive ketones (excluding diaryl/α,β-unsaturated/α-hetero) is 2.